The monoisotopic (exact) mass is 267 g/mol. The number of aromatic nitrogens is 4. The predicted molar refractivity (Wildman–Crippen MR) is 80.1 cm³/mol. The summed E-state index contributed by atoms with van der Waals surface area (Å²) in [5.41, 5.74) is 10.1. The van der Waals surface area contributed by atoms with Gasteiger partial charge >= 0.3 is 0 Å². The summed E-state index contributed by atoms with van der Waals surface area (Å²) in [6, 6.07) is 6.08. The van der Waals surface area contributed by atoms with E-state index < -0.39 is 0 Å². The van der Waals surface area contributed by atoms with E-state index in [1.807, 2.05) is 19.2 Å². The number of fused-ring (bicyclic) bond motifs is 1. The van der Waals surface area contributed by atoms with Gasteiger partial charge in [0.1, 0.15) is 0 Å². The number of pyridine rings is 2. The Morgan fingerprint density at radius 3 is 2.70 bits per heavy atom. The van der Waals surface area contributed by atoms with Crippen LogP contribution < -0.4 is 5.73 Å². The fourth-order valence-corrected chi connectivity index (χ4v) is 2.45. The highest BCUT2D eigenvalue weighted by Crippen LogP contribution is 2.29. The summed E-state index contributed by atoms with van der Waals surface area (Å²) in [5.74, 6) is 0.522. The summed E-state index contributed by atoms with van der Waals surface area (Å²) in [5, 5.41) is 5.15. The Balaban J connectivity index is 2.28. The maximum atomic E-state index is 5.96. The van der Waals surface area contributed by atoms with E-state index in [0.717, 1.165) is 40.7 Å². The van der Waals surface area contributed by atoms with Crippen LogP contribution in [0, 0.1) is 0 Å². The summed E-state index contributed by atoms with van der Waals surface area (Å²) < 4.78 is 1.74. The summed E-state index contributed by atoms with van der Waals surface area (Å²) in [4.78, 5) is 8.83. The van der Waals surface area contributed by atoms with Gasteiger partial charge in [0.2, 0.25) is 0 Å². The van der Waals surface area contributed by atoms with Crippen LogP contribution in [0.25, 0.3) is 22.2 Å². The molecule has 0 aliphatic heterocycles. The normalized spacial score (nSPS) is 11.1. The van der Waals surface area contributed by atoms with Crippen LogP contribution in [-0.2, 0) is 13.5 Å². The van der Waals surface area contributed by atoms with Crippen LogP contribution in [0.5, 0.6) is 0 Å². The zero-order valence-corrected chi connectivity index (χ0v) is 11.7. The van der Waals surface area contributed by atoms with Gasteiger partial charge in [0, 0.05) is 25.0 Å². The molecular formula is C15H17N5. The Kier molecular flexibility index (Phi) is 3.10. The van der Waals surface area contributed by atoms with Crippen LogP contribution in [0.4, 0.5) is 5.82 Å². The lowest BCUT2D eigenvalue weighted by atomic mass is 10.0. The Labute approximate surface area is 117 Å². The highest BCUT2D eigenvalue weighted by molar-refractivity contribution is 5.90. The first kappa shape index (κ1) is 12.6. The largest absolute Gasteiger partial charge is 0.382 e. The van der Waals surface area contributed by atoms with Crippen molar-refractivity contribution in [2.75, 3.05) is 5.73 Å². The van der Waals surface area contributed by atoms with E-state index in [2.05, 4.69) is 23.1 Å². The van der Waals surface area contributed by atoms with Crippen molar-refractivity contribution in [1.82, 2.24) is 19.7 Å². The summed E-state index contributed by atoms with van der Waals surface area (Å²) in [6.07, 6.45) is 5.56. The molecule has 3 rings (SSSR count). The molecule has 102 valence electrons. The molecule has 0 radical (unpaired) electrons. The first-order valence-electron chi connectivity index (χ1n) is 6.73. The Morgan fingerprint density at radius 2 is 2.00 bits per heavy atom. The maximum Gasteiger partial charge on any atom is 0.160 e. The lowest BCUT2D eigenvalue weighted by Gasteiger charge is -2.09. The molecule has 0 saturated heterocycles. The Bertz CT molecular complexity index is 746. The van der Waals surface area contributed by atoms with Gasteiger partial charge in [-0.05, 0) is 30.2 Å². The van der Waals surface area contributed by atoms with E-state index in [9.17, 15) is 0 Å². The van der Waals surface area contributed by atoms with E-state index in [4.69, 9.17) is 10.7 Å². The van der Waals surface area contributed by atoms with Crippen molar-refractivity contribution in [1.29, 1.82) is 0 Å². The topological polar surface area (TPSA) is 69.6 Å². The number of nitrogen functional groups attached to an aromatic ring is 1. The standard InChI is InChI=1S/C15H17N5/c1-3-4-13-11(10-5-7-17-8-6-10)9-12-14(16)19-20(2)15(12)18-13/h5-9H,3-4H2,1-2H3,(H2,16,19). The summed E-state index contributed by atoms with van der Waals surface area (Å²) in [7, 11) is 1.87. The fraction of sp³-hybridized carbons (Fsp3) is 0.267. The number of nitrogens with zero attached hydrogens (tertiary/aromatic N) is 4. The van der Waals surface area contributed by atoms with Crippen LogP contribution in [-0.4, -0.2) is 19.7 Å². The van der Waals surface area contributed by atoms with Gasteiger partial charge in [-0.15, -0.1) is 0 Å². The van der Waals surface area contributed by atoms with Crippen LogP contribution in [0.3, 0.4) is 0 Å². The predicted octanol–water partition coefficient (Wildman–Crippen LogP) is 2.56. The Morgan fingerprint density at radius 1 is 1.25 bits per heavy atom. The zero-order chi connectivity index (χ0) is 14.1. The van der Waals surface area contributed by atoms with Gasteiger partial charge in [-0.1, -0.05) is 13.3 Å². The molecule has 0 spiro atoms. The van der Waals surface area contributed by atoms with Crippen LogP contribution in [0.15, 0.2) is 30.6 Å². The van der Waals surface area contributed by atoms with Gasteiger partial charge in [0.25, 0.3) is 0 Å². The lowest BCUT2D eigenvalue weighted by Crippen LogP contribution is -1.98. The van der Waals surface area contributed by atoms with Gasteiger partial charge in [0.15, 0.2) is 11.5 Å². The summed E-state index contributed by atoms with van der Waals surface area (Å²) >= 11 is 0. The second-order valence-corrected chi connectivity index (χ2v) is 4.85. The van der Waals surface area contributed by atoms with Crippen molar-refractivity contribution in [2.45, 2.75) is 19.8 Å². The molecule has 0 atom stereocenters. The van der Waals surface area contributed by atoms with Crippen molar-refractivity contribution in [3.8, 4) is 11.1 Å². The van der Waals surface area contributed by atoms with Gasteiger partial charge in [-0.25, -0.2) is 9.67 Å². The molecule has 2 N–H and O–H groups in total. The first-order valence-corrected chi connectivity index (χ1v) is 6.73. The molecule has 0 amide bonds. The molecule has 3 heterocycles. The molecular weight excluding hydrogens is 250 g/mol. The lowest BCUT2D eigenvalue weighted by molar-refractivity contribution is 0.784. The molecule has 0 bridgehead atoms. The Hall–Kier alpha value is -2.43. The van der Waals surface area contributed by atoms with Crippen molar-refractivity contribution in [3.05, 3.63) is 36.3 Å². The molecule has 3 aromatic heterocycles. The fourth-order valence-electron chi connectivity index (χ4n) is 2.45. The second-order valence-electron chi connectivity index (χ2n) is 4.85. The molecule has 0 unspecified atom stereocenters. The number of nitrogens with two attached hydrogens (primary N) is 1. The SMILES string of the molecule is CCCc1nc2c(cc1-c1ccncc1)c(N)nn2C. The van der Waals surface area contributed by atoms with Crippen molar-refractivity contribution >= 4 is 16.9 Å². The maximum absolute atomic E-state index is 5.96. The van der Waals surface area contributed by atoms with Crippen LogP contribution in [0.2, 0.25) is 0 Å². The van der Waals surface area contributed by atoms with E-state index in [-0.39, 0.29) is 0 Å². The third-order valence-electron chi connectivity index (χ3n) is 3.40. The average molecular weight is 267 g/mol. The van der Waals surface area contributed by atoms with E-state index in [0.29, 0.717) is 5.82 Å². The van der Waals surface area contributed by atoms with Gasteiger partial charge in [0.05, 0.1) is 11.1 Å². The smallest absolute Gasteiger partial charge is 0.160 e. The molecule has 0 aromatic carbocycles. The molecule has 5 heteroatoms. The zero-order valence-electron chi connectivity index (χ0n) is 11.7. The second kappa shape index (κ2) is 4.92. The van der Waals surface area contributed by atoms with Gasteiger partial charge in [-0.2, -0.15) is 5.10 Å². The quantitative estimate of drug-likeness (QED) is 0.791. The highest BCUT2D eigenvalue weighted by atomic mass is 15.3. The van der Waals surface area contributed by atoms with Crippen molar-refractivity contribution in [2.24, 2.45) is 7.05 Å². The number of aryl methyl sites for hydroxylation is 2. The molecule has 0 aliphatic rings. The minimum absolute atomic E-state index is 0.522. The number of hydrogen-bond donors (Lipinski definition) is 1. The van der Waals surface area contributed by atoms with E-state index >= 15 is 0 Å². The summed E-state index contributed by atoms with van der Waals surface area (Å²) in [6.45, 7) is 2.15. The van der Waals surface area contributed by atoms with E-state index in [1.54, 1.807) is 17.1 Å². The average Bonchev–Trinajstić information content (AvgIpc) is 2.74. The third kappa shape index (κ3) is 2.01. The number of hydrogen-bond acceptors (Lipinski definition) is 4. The first-order chi connectivity index (χ1) is 9.70. The molecule has 20 heavy (non-hydrogen) atoms. The van der Waals surface area contributed by atoms with Crippen molar-refractivity contribution in [3.63, 3.8) is 0 Å². The number of rotatable bonds is 3. The molecule has 0 saturated carbocycles. The molecule has 0 aliphatic carbocycles. The molecule has 3 aromatic rings. The number of anilines is 1. The molecule has 5 nitrogen and oxygen atoms in total. The van der Waals surface area contributed by atoms with Crippen LogP contribution >= 0.6 is 0 Å². The van der Waals surface area contributed by atoms with Crippen molar-refractivity contribution < 1.29 is 0 Å². The van der Waals surface area contributed by atoms with Crippen LogP contribution in [0.1, 0.15) is 19.0 Å². The highest BCUT2D eigenvalue weighted by Gasteiger charge is 2.13. The minimum atomic E-state index is 0.522. The minimum Gasteiger partial charge on any atom is -0.382 e. The third-order valence-corrected chi connectivity index (χ3v) is 3.40. The van der Waals surface area contributed by atoms with Gasteiger partial charge < -0.3 is 5.73 Å². The van der Waals surface area contributed by atoms with E-state index in [1.165, 1.54) is 0 Å². The molecule has 0 fully saturated rings. The van der Waals surface area contributed by atoms with Gasteiger partial charge in [-0.3, -0.25) is 4.98 Å².